The summed E-state index contributed by atoms with van der Waals surface area (Å²) in [6.45, 7) is 10.5. The molecule has 2 saturated carbocycles. The number of fused-ring (bicyclic) bond motifs is 1. The molecule has 5 rings (SSSR count). The van der Waals surface area contributed by atoms with Gasteiger partial charge in [0.15, 0.2) is 19.3 Å². The van der Waals surface area contributed by atoms with Gasteiger partial charge in [0.2, 0.25) is 0 Å². The first-order chi connectivity index (χ1) is 16.9. The molecule has 2 fully saturated rings. The van der Waals surface area contributed by atoms with Crippen LogP contribution < -0.4 is 5.32 Å². The van der Waals surface area contributed by atoms with E-state index in [1.54, 1.807) is 23.7 Å². The highest BCUT2D eigenvalue weighted by atomic mass is 32.1. The molecule has 0 spiro atoms. The normalized spacial score (nSPS) is 22.3. The van der Waals surface area contributed by atoms with Gasteiger partial charge in [0, 0.05) is 36.8 Å². The minimum atomic E-state index is -2.79. The highest BCUT2D eigenvalue weighted by molar-refractivity contribution is 7.22. The Labute approximate surface area is 216 Å². The third-order valence-corrected chi connectivity index (χ3v) is 12.9. The van der Waals surface area contributed by atoms with Crippen molar-refractivity contribution in [1.82, 2.24) is 15.0 Å². The molecule has 2 aliphatic carbocycles. The second-order valence-electron chi connectivity index (χ2n) is 11.5. The molecule has 2 aliphatic rings. The van der Waals surface area contributed by atoms with Crippen molar-refractivity contribution in [1.29, 1.82) is 0 Å². The molecule has 194 valence electrons. The molecule has 1 aromatic carbocycles. The summed E-state index contributed by atoms with van der Waals surface area (Å²) in [5.41, 5.74) is 2.87. The molecule has 36 heavy (non-hydrogen) atoms. The van der Waals surface area contributed by atoms with E-state index in [2.05, 4.69) is 60.2 Å². The van der Waals surface area contributed by atoms with Crippen LogP contribution in [0.1, 0.15) is 52.3 Å². The number of rotatable bonds is 8. The van der Waals surface area contributed by atoms with Gasteiger partial charge in [-0.1, -0.05) is 38.2 Å². The second kappa shape index (κ2) is 9.38. The van der Waals surface area contributed by atoms with Crippen LogP contribution in [0, 0.1) is 0 Å². The van der Waals surface area contributed by atoms with Gasteiger partial charge in [-0.3, -0.25) is 0 Å². The standard InChI is InChI=1S/C26H34F2N4O2SSi/c1-25(2,3)36(4,5)34-21-12-26(27,28)11-20(21)33-15-23-29-13-17(14-30-23)16-6-9-19-22(10-16)35-24(32-19)31-18-7-8-18/h6,9-10,13-14,18,20-21H,7-8,11-12,15H2,1-5H3,(H,31,32)/t20-,21-/m1/s1. The third-order valence-electron chi connectivity index (χ3n) is 7.43. The van der Waals surface area contributed by atoms with Crippen molar-refractivity contribution in [3.05, 3.63) is 36.4 Å². The molecular formula is C26H34F2N4O2SSi. The molecule has 0 aliphatic heterocycles. The summed E-state index contributed by atoms with van der Waals surface area (Å²) in [6, 6.07) is 6.70. The number of thiazole rings is 1. The zero-order valence-corrected chi connectivity index (χ0v) is 23.3. The average Bonchev–Trinajstić information content (AvgIpc) is 3.43. The van der Waals surface area contributed by atoms with E-state index in [9.17, 15) is 8.78 Å². The predicted molar refractivity (Wildman–Crippen MR) is 142 cm³/mol. The molecule has 2 atom stereocenters. The smallest absolute Gasteiger partial charge is 0.253 e. The van der Waals surface area contributed by atoms with Gasteiger partial charge < -0.3 is 14.5 Å². The lowest BCUT2D eigenvalue weighted by atomic mass is 10.1. The zero-order chi connectivity index (χ0) is 25.7. The Kier molecular flexibility index (Phi) is 6.68. The summed E-state index contributed by atoms with van der Waals surface area (Å²) in [6.07, 6.45) is 3.99. The quantitative estimate of drug-likeness (QED) is 0.314. The van der Waals surface area contributed by atoms with E-state index in [1.165, 1.54) is 12.8 Å². The van der Waals surface area contributed by atoms with Gasteiger partial charge in [-0.15, -0.1) is 0 Å². The summed E-state index contributed by atoms with van der Waals surface area (Å²) in [5.74, 6) is -2.32. The van der Waals surface area contributed by atoms with E-state index in [-0.39, 0.29) is 24.5 Å². The van der Waals surface area contributed by atoms with Gasteiger partial charge in [-0.25, -0.2) is 23.7 Å². The van der Waals surface area contributed by atoms with Crippen molar-refractivity contribution < 1.29 is 17.9 Å². The molecule has 3 aromatic rings. The molecule has 6 nitrogen and oxygen atoms in total. The number of ether oxygens (including phenoxy) is 1. The first-order valence-corrected chi connectivity index (χ1v) is 16.3. The number of alkyl halides is 2. The number of nitrogens with one attached hydrogen (secondary N) is 1. The Balaban J connectivity index is 1.23. The van der Waals surface area contributed by atoms with Crippen LogP contribution >= 0.6 is 11.3 Å². The third kappa shape index (κ3) is 5.77. The summed E-state index contributed by atoms with van der Waals surface area (Å²) in [4.78, 5) is 13.5. The number of hydrogen-bond donors (Lipinski definition) is 1. The van der Waals surface area contributed by atoms with Crippen molar-refractivity contribution in [2.45, 2.75) is 95.4 Å². The number of anilines is 1. The maximum absolute atomic E-state index is 14.3. The van der Waals surface area contributed by atoms with Crippen LogP contribution in [0.15, 0.2) is 30.6 Å². The van der Waals surface area contributed by atoms with E-state index in [4.69, 9.17) is 9.16 Å². The fourth-order valence-corrected chi connectivity index (χ4v) is 6.43. The lowest BCUT2D eigenvalue weighted by Crippen LogP contribution is -2.46. The van der Waals surface area contributed by atoms with Gasteiger partial charge in [-0.05, 0) is 48.7 Å². The van der Waals surface area contributed by atoms with Crippen LogP contribution in [0.25, 0.3) is 21.3 Å². The summed E-state index contributed by atoms with van der Waals surface area (Å²) in [7, 11) is -2.20. The molecule has 0 amide bonds. The van der Waals surface area contributed by atoms with Crippen molar-refractivity contribution in [2.75, 3.05) is 5.32 Å². The summed E-state index contributed by atoms with van der Waals surface area (Å²) < 4.78 is 41.9. The first-order valence-electron chi connectivity index (χ1n) is 12.5. The van der Waals surface area contributed by atoms with Gasteiger partial charge >= 0.3 is 0 Å². The zero-order valence-electron chi connectivity index (χ0n) is 21.5. The van der Waals surface area contributed by atoms with E-state index in [0.717, 1.165) is 26.5 Å². The maximum atomic E-state index is 14.3. The first kappa shape index (κ1) is 25.6. The molecule has 10 heteroatoms. The molecule has 0 unspecified atom stereocenters. The molecular weight excluding hydrogens is 498 g/mol. The highest BCUT2D eigenvalue weighted by Gasteiger charge is 2.51. The molecule has 0 saturated heterocycles. The van der Waals surface area contributed by atoms with Gasteiger partial charge in [0.05, 0.1) is 22.4 Å². The summed E-state index contributed by atoms with van der Waals surface area (Å²) >= 11 is 1.65. The van der Waals surface area contributed by atoms with Crippen molar-refractivity contribution >= 4 is 35.0 Å². The SMILES string of the molecule is CC(C)(C)[Si](C)(C)O[C@@H]1CC(F)(F)C[C@H]1OCc1ncc(-c2ccc3nc(NC4CC4)sc3c2)cn1. The fourth-order valence-electron chi connectivity index (χ4n) is 4.10. The summed E-state index contributed by atoms with van der Waals surface area (Å²) in [5, 5.41) is 4.35. The van der Waals surface area contributed by atoms with Crippen molar-refractivity contribution in [2.24, 2.45) is 0 Å². The van der Waals surface area contributed by atoms with Crippen molar-refractivity contribution in [3.8, 4) is 11.1 Å². The number of nitrogens with zero attached hydrogens (tertiary/aromatic N) is 3. The number of hydrogen-bond acceptors (Lipinski definition) is 7. The predicted octanol–water partition coefficient (Wildman–Crippen LogP) is 7.03. The monoisotopic (exact) mass is 532 g/mol. The Morgan fingerprint density at radius 2 is 1.78 bits per heavy atom. The Hall–Kier alpha value is -2.01. The van der Waals surface area contributed by atoms with E-state index in [1.807, 2.05) is 12.1 Å². The molecule has 1 N–H and O–H groups in total. The Morgan fingerprint density at radius 1 is 1.08 bits per heavy atom. The largest absolute Gasteiger partial charge is 0.411 e. The average molecular weight is 533 g/mol. The topological polar surface area (TPSA) is 69.2 Å². The van der Waals surface area contributed by atoms with Crippen LogP contribution in [0.5, 0.6) is 0 Å². The Bertz CT molecular complexity index is 1220. The van der Waals surface area contributed by atoms with Crippen molar-refractivity contribution in [3.63, 3.8) is 0 Å². The van der Waals surface area contributed by atoms with Crippen LogP contribution in [0.4, 0.5) is 13.9 Å². The van der Waals surface area contributed by atoms with Gasteiger partial charge in [0.25, 0.3) is 5.92 Å². The van der Waals surface area contributed by atoms with E-state index >= 15 is 0 Å². The molecule has 2 aromatic heterocycles. The van der Waals surface area contributed by atoms with Crippen LogP contribution in [0.3, 0.4) is 0 Å². The Morgan fingerprint density at radius 3 is 2.44 bits per heavy atom. The molecule has 2 heterocycles. The lowest BCUT2D eigenvalue weighted by Gasteiger charge is -2.39. The maximum Gasteiger partial charge on any atom is 0.253 e. The minimum absolute atomic E-state index is 0.0636. The number of benzene rings is 1. The fraction of sp³-hybridized carbons (Fsp3) is 0.577. The van der Waals surface area contributed by atoms with Gasteiger partial charge in [0.1, 0.15) is 6.61 Å². The van der Waals surface area contributed by atoms with Crippen LogP contribution in [-0.2, 0) is 15.8 Å². The number of aromatic nitrogens is 3. The molecule has 0 bridgehead atoms. The highest BCUT2D eigenvalue weighted by Crippen LogP contribution is 2.44. The second-order valence-corrected chi connectivity index (χ2v) is 17.3. The van der Waals surface area contributed by atoms with Crippen LogP contribution in [0.2, 0.25) is 18.1 Å². The molecule has 0 radical (unpaired) electrons. The van der Waals surface area contributed by atoms with E-state index in [0.29, 0.717) is 11.9 Å². The van der Waals surface area contributed by atoms with E-state index < -0.39 is 26.4 Å². The minimum Gasteiger partial charge on any atom is -0.411 e. The number of halogens is 2. The van der Waals surface area contributed by atoms with Gasteiger partial charge in [-0.2, -0.15) is 0 Å². The van der Waals surface area contributed by atoms with Crippen LogP contribution in [-0.4, -0.2) is 47.4 Å². The lowest BCUT2D eigenvalue weighted by molar-refractivity contribution is -0.0341.